The lowest BCUT2D eigenvalue weighted by molar-refractivity contribution is -0.138. The fourth-order valence-electron chi connectivity index (χ4n) is 1.67. The van der Waals surface area contributed by atoms with Crippen LogP contribution >= 0.6 is 11.6 Å². The molecule has 1 heterocycles. The summed E-state index contributed by atoms with van der Waals surface area (Å²) in [5.41, 5.74) is 2.16. The maximum absolute atomic E-state index is 10.5. The number of carboxylic acid groups (broad SMARTS) is 1. The van der Waals surface area contributed by atoms with E-state index in [0.29, 0.717) is 17.2 Å². The van der Waals surface area contributed by atoms with Crippen LogP contribution in [0.5, 0.6) is 0 Å². The summed E-state index contributed by atoms with van der Waals surface area (Å²) in [7, 11) is 0. The summed E-state index contributed by atoms with van der Waals surface area (Å²) < 4.78 is 0. The Hall–Kier alpha value is -1.39. The number of carbonyl (C=O) groups is 1. The van der Waals surface area contributed by atoms with Gasteiger partial charge in [-0.15, -0.1) is 0 Å². The molecule has 1 aromatic rings. The van der Waals surface area contributed by atoms with Crippen molar-refractivity contribution in [3.8, 4) is 0 Å². The smallest absolute Gasteiger partial charge is 0.306 e. The Labute approximate surface area is 97.2 Å². The van der Waals surface area contributed by atoms with E-state index in [-0.39, 0.29) is 6.42 Å². The SMILES string of the molecule is O=C(O)C[C@H](O)C1=Nc2ccc(Cl)cc2C1. The van der Waals surface area contributed by atoms with Gasteiger partial charge >= 0.3 is 5.97 Å². The minimum atomic E-state index is -1.04. The van der Waals surface area contributed by atoms with E-state index in [1.807, 2.05) is 0 Å². The van der Waals surface area contributed by atoms with Gasteiger partial charge in [-0.1, -0.05) is 11.6 Å². The van der Waals surface area contributed by atoms with Gasteiger partial charge in [0.25, 0.3) is 0 Å². The van der Waals surface area contributed by atoms with Gasteiger partial charge in [0.05, 0.1) is 17.8 Å². The number of carboxylic acids is 1. The van der Waals surface area contributed by atoms with E-state index in [1.54, 1.807) is 18.2 Å². The maximum atomic E-state index is 10.5. The van der Waals surface area contributed by atoms with Crippen LogP contribution in [0.2, 0.25) is 5.02 Å². The molecule has 84 valence electrons. The molecule has 0 saturated heterocycles. The van der Waals surface area contributed by atoms with E-state index in [0.717, 1.165) is 11.3 Å². The monoisotopic (exact) mass is 239 g/mol. The van der Waals surface area contributed by atoms with E-state index in [4.69, 9.17) is 16.7 Å². The van der Waals surface area contributed by atoms with Gasteiger partial charge in [0, 0.05) is 11.4 Å². The molecule has 0 fully saturated rings. The van der Waals surface area contributed by atoms with Crippen LogP contribution in [0, 0.1) is 0 Å². The predicted molar refractivity (Wildman–Crippen MR) is 60.5 cm³/mol. The molecular weight excluding hydrogens is 230 g/mol. The first-order valence-electron chi connectivity index (χ1n) is 4.82. The molecule has 1 aliphatic rings. The molecule has 0 bridgehead atoms. The van der Waals surface area contributed by atoms with Gasteiger partial charge < -0.3 is 10.2 Å². The number of hydrogen-bond donors (Lipinski definition) is 2. The fraction of sp³-hybridized carbons (Fsp3) is 0.273. The number of aliphatic hydroxyl groups is 1. The molecular formula is C11H10ClNO3. The van der Waals surface area contributed by atoms with Gasteiger partial charge in [-0.05, 0) is 23.8 Å². The topological polar surface area (TPSA) is 69.9 Å². The first-order chi connectivity index (χ1) is 7.56. The first kappa shape index (κ1) is 11.1. The molecule has 2 rings (SSSR count). The lowest BCUT2D eigenvalue weighted by atomic mass is 10.1. The summed E-state index contributed by atoms with van der Waals surface area (Å²) in [6.07, 6.45) is -0.881. The van der Waals surface area contributed by atoms with E-state index < -0.39 is 12.1 Å². The second-order valence-electron chi connectivity index (χ2n) is 3.67. The number of fused-ring (bicyclic) bond motifs is 1. The van der Waals surface area contributed by atoms with Gasteiger partial charge in [-0.2, -0.15) is 0 Å². The standard InChI is InChI=1S/C11H10ClNO3/c12-7-1-2-8-6(3-7)4-9(13-8)10(14)5-11(15)16/h1-3,10,14H,4-5H2,(H,15,16)/t10-/m0/s1. The second kappa shape index (κ2) is 4.23. The minimum Gasteiger partial charge on any atom is -0.481 e. The van der Waals surface area contributed by atoms with Crippen LogP contribution in [0.25, 0.3) is 0 Å². The van der Waals surface area contributed by atoms with E-state index in [1.165, 1.54) is 0 Å². The molecule has 0 unspecified atom stereocenters. The Balaban J connectivity index is 2.16. The Morgan fingerprint density at radius 1 is 1.56 bits per heavy atom. The van der Waals surface area contributed by atoms with Crippen molar-refractivity contribution in [3.63, 3.8) is 0 Å². The molecule has 0 saturated carbocycles. The van der Waals surface area contributed by atoms with Gasteiger partial charge in [-0.25, -0.2) is 0 Å². The number of aliphatic carboxylic acids is 1. The zero-order valence-corrected chi connectivity index (χ0v) is 9.11. The summed E-state index contributed by atoms with van der Waals surface area (Å²) in [6.45, 7) is 0. The largest absolute Gasteiger partial charge is 0.481 e. The van der Waals surface area contributed by atoms with Crippen molar-refractivity contribution in [2.45, 2.75) is 18.9 Å². The third kappa shape index (κ3) is 2.23. The molecule has 0 aliphatic carbocycles. The number of rotatable bonds is 3. The van der Waals surface area contributed by atoms with Gasteiger partial charge in [0.2, 0.25) is 0 Å². The average molecular weight is 240 g/mol. The van der Waals surface area contributed by atoms with Crippen LogP contribution in [-0.4, -0.2) is 28.0 Å². The summed E-state index contributed by atoms with van der Waals surface area (Å²) >= 11 is 5.83. The van der Waals surface area contributed by atoms with Crippen molar-refractivity contribution in [3.05, 3.63) is 28.8 Å². The van der Waals surface area contributed by atoms with Crippen LogP contribution in [0.4, 0.5) is 5.69 Å². The number of hydrogen-bond acceptors (Lipinski definition) is 3. The maximum Gasteiger partial charge on any atom is 0.306 e. The Kier molecular flexibility index (Phi) is 2.94. The van der Waals surface area contributed by atoms with Gasteiger partial charge in [0.1, 0.15) is 6.10 Å². The van der Waals surface area contributed by atoms with Crippen LogP contribution in [0.1, 0.15) is 12.0 Å². The van der Waals surface area contributed by atoms with Crippen molar-refractivity contribution in [2.24, 2.45) is 4.99 Å². The number of aliphatic imine (C=N–C) groups is 1. The zero-order valence-electron chi connectivity index (χ0n) is 8.35. The second-order valence-corrected chi connectivity index (χ2v) is 4.10. The predicted octanol–water partition coefficient (Wildman–Crippen LogP) is 1.80. The van der Waals surface area contributed by atoms with Gasteiger partial charge in [-0.3, -0.25) is 9.79 Å². The average Bonchev–Trinajstić information content (AvgIpc) is 2.59. The van der Waals surface area contributed by atoms with E-state index in [9.17, 15) is 9.90 Å². The van der Waals surface area contributed by atoms with E-state index in [2.05, 4.69) is 4.99 Å². The highest BCUT2D eigenvalue weighted by Crippen LogP contribution is 2.30. The molecule has 0 spiro atoms. The molecule has 0 amide bonds. The molecule has 0 aromatic heterocycles. The molecule has 0 radical (unpaired) electrons. The molecule has 1 aromatic carbocycles. The molecule has 5 heteroatoms. The highest BCUT2D eigenvalue weighted by Gasteiger charge is 2.22. The van der Waals surface area contributed by atoms with Crippen molar-refractivity contribution in [1.29, 1.82) is 0 Å². The molecule has 1 atom stereocenters. The molecule has 16 heavy (non-hydrogen) atoms. The number of nitrogens with zero attached hydrogens (tertiary/aromatic N) is 1. The van der Waals surface area contributed by atoms with Gasteiger partial charge in [0.15, 0.2) is 0 Å². The summed E-state index contributed by atoms with van der Waals surface area (Å²) in [6, 6.07) is 5.26. The van der Waals surface area contributed by atoms with Crippen LogP contribution in [-0.2, 0) is 11.2 Å². The lowest BCUT2D eigenvalue weighted by Crippen LogP contribution is -2.23. The van der Waals surface area contributed by atoms with Crippen molar-refractivity contribution in [1.82, 2.24) is 0 Å². The fourth-order valence-corrected chi connectivity index (χ4v) is 1.86. The normalized spacial score (nSPS) is 15.5. The third-order valence-corrected chi connectivity index (χ3v) is 2.66. The van der Waals surface area contributed by atoms with E-state index >= 15 is 0 Å². The minimum absolute atomic E-state index is 0.319. The Bertz CT molecular complexity index is 470. The quantitative estimate of drug-likeness (QED) is 0.845. The number of halogens is 1. The zero-order chi connectivity index (χ0) is 11.7. The molecule has 2 N–H and O–H groups in total. The number of aliphatic hydroxyl groups excluding tert-OH is 1. The van der Waals surface area contributed by atoms with Crippen molar-refractivity contribution < 1.29 is 15.0 Å². The van der Waals surface area contributed by atoms with Crippen LogP contribution in [0.3, 0.4) is 0 Å². The summed E-state index contributed by atoms with van der Waals surface area (Å²) in [5, 5.41) is 18.8. The Morgan fingerprint density at radius 3 is 3.00 bits per heavy atom. The first-order valence-corrected chi connectivity index (χ1v) is 5.20. The Morgan fingerprint density at radius 2 is 2.31 bits per heavy atom. The molecule has 1 aliphatic heterocycles. The van der Waals surface area contributed by atoms with Crippen molar-refractivity contribution in [2.75, 3.05) is 0 Å². The summed E-state index contributed by atoms with van der Waals surface area (Å²) in [5.74, 6) is -1.04. The highest BCUT2D eigenvalue weighted by atomic mass is 35.5. The molecule has 4 nitrogen and oxygen atoms in total. The summed E-state index contributed by atoms with van der Waals surface area (Å²) in [4.78, 5) is 14.6. The highest BCUT2D eigenvalue weighted by molar-refractivity contribution is 6.30. The third-order valence-electron chi connectivity index (χ3n) is 2.43. The van der Waals surface area contributed by atoms with Crippen molar-refractivity contribution >= 4 is 29.0 Å². The number of benzene rings is 1. The van der Waals surface area contributed by atoms with Crippen LogP contribution in [0.15, 0.2) is 23.2 Å². The van der Waals surface area contributed by atoms with Crippen LogP contribution < -0.4 is 0 Å². The lowest BCUT2D eigenvalue weighted by Gasteiger charge is -2.06.